The molecule has 0 amide bonds. The number of aromatic nitrogens is 1. The summed E-state index contributed by atoms with van der Waals surface area (Å²) in [6.07, 6.45) is 1.40. The minimum atomic E-state index is -0.504. The van der Waals surface area contributed by atoms with Crippen LogP contribution in [0.2, 0.25) is 0 Å². The van der Waals surface area contributed by atoms with Crippen molar-refractivity contribution in [1.82, 2.24) is 4.98 Å². The largest absolute Gasteiger partial charge is 0.227 e. The van der Waals surface area contributed by atoms with Gasteiger partial charge in [-0.2, -0.15) is 4.39 Å². The Labute approximate surface area is 99.3 Å². The van der Waals surface area contributed by atoms with E-state index in [2.05, 4.69) is 4.98 Å². The molecule has 1 heterocycles. The molecule has 0 aliphatic carbocycles. The SMILES string of the molecule is Fc1cccc(-c2cnc(F)c(I)c2)c1. The van der Waals surface area contributed by atoms with Crippen molar-refractivity contribution in [3.05, 3.63) is 51.9 Å². The van der Waals surface area contributed by atoms with Crippen LogP contribution in [0, 0.1) is 15.3 Å². The van der Waals surface area contributed by atoms with E-state index >= 15 is 0 Å². The molecule has 0 atom stereocenters. The Morgan fingerprint density at radius 2 is 1.87 bits per heavy atom. The summed E-state index contributed by atoms with van der Waals surface area (Å²) >= 11 is 1.85. The van der Waals surface area contributed by atoms with Crippen LogP contribution in [-0.2, 0) is 0 Å². The highest BCUT2D eigenvalue weighted by Gasteiger charge is 2.04. The average molecular weight is 317 g/mol. The Morgan fingerprint density at radius 3 is 2.53 bits per heavy atom. The second-order valence-corrected chi connectivity index (χ2v) is 4.17. The van der Waals surface area contributed by atoms with Gasteiger partial charge in [-0.05, 0) is 46.4 Å². The van der Waals surface area contributed by atoms with Gasteiger partial charge in [-0.15, -0.1) is 0 Å². The van der Waals surface area contributed by atoms with E-state index in [4.69, 9.17) is 0 Å². The van der Waals surface area contributed by atoms with Gasteiger partial charge in [0.2, 0.25) is 5.95 Å². The number of hydrogen-bond donors (Lipinski definition) is 0. The summed E-state index contributed by atoms with van der Waals surface area (Å²) in [4.78, 5) is 3.59. The molecule has 0 N–H and O–H groups in total. The Balaban J connectivity index is 2.50. The zero-order valence-corrected chi connectivity index (χ0v) is 9.70. The van der Waals surface area contributed by atoms with Crippen molar-refractivity contribution in [2.75, 3.05) is 0 Å². The monoisotopic (exact) mass is 317 g/mol. The highest BCUT2D eigenvalue weighted by atomic mass is 127. The van der Waals surface area contributed by atoms with Crippen molar-refractivity contribution in [2.24, 2.45) is 0 Å². The van der Waals surface area contributed by atoms with Crippen LogP contribution in [0.1, 0.15) is 0 Å². The van der Waals surface area contributed by atoms with Gasteiger partial charge in [-0.3, -0.25) is 0 Å². The van der Waals surface area contributed by atoms with E-state index in [1.807, 2.05) is 22.6 Å². The molecule has 0 aliphatic rings. The summed E-state index contributed by atoms with van der Waals surface area (Å²) in [5.41, 5.74) is 1.40. The fourth-order valence-electron chi connectivity index (χ4n) is 1.25. The molecule has 1 aromatic heterocycles. The van der Waals surface area contributed by atoms with E-state index in [0.29, 0.717) is 14.7 Å². The molecule has 1 aromatic carbocycles. The standard InChI is InChI=1S/C11H6F2IN/c12-9-3-1-2-7(4-9)8-5-10(14)11(13)15-6-8/h1-6H. The third-order valence-corrected chi connectivity index (χ3v) is 2.71. The van der Waals surface area contributed by atoms with Gasteiger partial charge in [0, 0.05) is 11.8 Å². The fraction of sp³-hybridized carbons (Fsp3) is 0. The highest BCUT2D eigenvalue weighted by Crippen LogP contribution is 2.21. The molecular formula is C11H6F2IN. The summed E-state index contributed by atoms with van der Waals surface area (Å²) in [5.74, 6) is -0.817. The summed E-state index contributed by atoms with van der Waals surface area (Å²) in [6.45, 7) is 0. The summed E-state index contributed by atoms with van der Waals surface area (Å²) in [5, 5.41) is 0. The highest BCUT2D eigenvalue weighted by molar-refractivity contribution is 14.1. The van der Waals surface area contributed by atoms with E-state index in [0.717, 1.165) is 0 Å². The number of pyridine rings is 1. The molecule has 76 valence electrons. The van der Waals surface area contributed by atoms with Gasteiger partial charge in [0.25, 0.3) is 0 Å². The number of benzene rings is 1. The molecule has 0 spiro atoms. The van der Waals surface area contributed by atoms with Gasteiger partial charge < -0.3 is 0 Å². The van der Waals surface area contributed by atoms with E-state index < -0.39 is 5.95 Å². The van der Waals surface area contributed by atoms with Crippen LogP contribution in [0.3, 0.4) is 0 Å². The molecule has 15 heavy (non-hydrogen) atoms. The average Bonchev–Trinajstić information content (AvgIpc) is 2.22. The first-order chi connectivity index (χ1) is 7.16. The minimum absolute atomic E-state index is 0.313. The lowest BCUT2D eigenvalue weighted by atomic mass is 10.1. The molecule has 4 heteroatoms. The molecule has 0 unspecified atom stereocenters. The van der Waals surface area contributed by atoms with Crippen molar-refractivity contribution in [3.63, 3.8) is 0 Å². The molecule has 0 radical (unpaired) electrons. The van der Waals surface area contributed by atoms with Crippen molar-refractivity contribution < 1.29 is 8.78 Å². The first-order valence-corrected chi connectivity index (χ1v) is 5.31. The lowest BCUT2D eigenvalue weighted by Gasteiger charge is -2.02. The second-order valence-electron chi connectivity index (χ2n) is 3.01. The van der Waals surface area contributed by atoms with Crippen molar-refractivity contribution in [3.8, 4) is 11.1 Å². The van der Waals surface area contributed by atoms with Crippen LogP contribution in [0.25, 0.3) is 11.1 Å². The maximum atomic E-state index is 12.9. The van der Waals surface area contributed by atoms with Crippen molar-refractivity contribution >= 4 is 22.6 Å². The molecule has 0 saturated heterocycles. The van der Waals surface area contributed by atoms with E-state index in [1.165, 1.54) is 18.3 Å². The quantitative estimate of drug-likeness (QED) is 0.578. The first-order valence-electron chi connectivity index (χ1n) is 4.24. The molecule has 0 aliphatic heterocycles. The third-order valence-electron chi connectivity index (χ3n) is 1.95. The minimum Gasteiger partial charge on any atom is -0.227 e. The van der Waals surface area contributed by atoms with E-state index in [-0.39, 0.29) is 5.82 Å². The van der Waals surface area contributed by atoms with Gasteiger partial charge in [-0.25, -0.2) is 9.37 Å². The van der Waals surface area contributed by atoms with Crippen LogP contribution in [0.5, 0.6) is 0 Å². The van der Waals surface area contributed by atoms with Crippen LogP contribution in [-0.4, -0.2) is 4.98 Å². The normalized spacial score (nSPS) is 10.3. The summed E-state index contributed by atoms with van der Waals surface area (Å²) in [6, 6.07) is 7.77. The smallest absolute Gasteiger partial charge is 0.226 e. The Hall–Kier alpha value is -1.04. The number of rotatable bonds is 1. The zero-order valence-electron chi connectivity index (χ0n) is 7.55. The molecule has 0 bridgehead atoms. The summed E-state index contributed by atoms with van der Waals surface area (Å²) < 4.78 is 26.3. The summed E-state index contributed by atoms with van der Waals surface area (Å²) in [7, 11) is 0. The molecule has 1 nitrogen and oxygen atoms in total. The van der Waals surface area contributed by atoms with Crippen molar-refractivity contribution in [1.29, 1.82) is 0 Å². The van der Waals surface area contributed by atoms with Crippen molar-refractivity contribution in [2.45, 2.75) is 0 Å². The maximum absolute atomic E-state index is 12.9. The topological polar surface area (TPSA) is 12.9 Å². The van der Waals surface area contributed by atoms with Gasteiger partial charge in [0.15, 0.2) is 0 Å². The Morgan fingerprint density at radius 1 is 1.07 bits per heavy atom. The Bertz CT molecular complexity index is 500. The van der Waals surface area contributed by atoms with Gasteiger partial charge in [0.1, 0.15) is 5.82 Å². The van der Waals surface area contributed by atoms with E-state index in [9.17, 15) is 8.78 Å². The molecule has 0 fully saturated rings. The molecule has 0 saturated carbocycles. The number of halogens is 3. The van der Waals surface area contributed by atoms with E-state index in [1.54, 1.807) is 18.2 Å². The molecule has 2 aromatic rings. The molecular weight excluding hydrogens is 311 g/mol. The van der Waals surface area contributed by atoms with Crippen LogP contribution >= 0.6 is 22.6 Å². The van der Waals surface area contributed by atoms with Gasteiger partial charge in [-0.1, -0.05) is 12.1 Å². The number of hydrogen-bond acceptors (Lipinski definition) is 1. The Kier molecular flexibility index (Phi) is 2.95. The first kappa shape index (κ1) is 10.5. The van der Waals surface area contributed by atoms with Crippen LogP contribution < -0.4 is 0 Å². The van der Waals surface area contributed by atoms with Crippen LogP contribution in [0.4, 0.5) is 8.78 Å². The maximum Gasteiger partial charge on any atom is 0.226 e. The zero-order chi connectivity index (χ0) is 10.8. The predicted molar refractivity (Wildman–Crippen MR) is 62.3 cm³/mol. The number of nitrogens with zero attached hydrogens (tertiary/aromatic N) is 1. The lowest BCUT2D eigenvalue weighted by Crippen LogP contribution is -1.89. The fourth-order valence-corrected chi connectivity index (χ4v) is 1.72. The van der Waals surface area contributed by atoms with Gasteiger partial charge in [0.05, 0.1) is 3.57 Å². The lowest BCUT2D eigenvalue weighted by molar-refractivity contribution is 0.576. The van der Waals surface area contributed by atoms with Gasteiger partial charge >= 0.3 is 0 Å². The molecule has 2 rings (SSSR count). The second kappa shape index (κ2) is 4.22. The predicted octanol–water partition coefficient (Wildman–Crippen LogP) is 3.63. The third kappa shape index (κ3) is 2.31. The van der Waals surface area contributed by atoms with Crippen LogP contribution in [0.15, 0.2) is 36.5 Å².